The molecule has 0 fully saturated rings. The molecule has 7 nitrogen and oxygen atoms in total. The zero-order valence-corrected chi connectivity index (χ0v) is 19.7. The normalized spacial score (nSPS) is 10.2. The number of amides is 3. The van der Waals surface area contributed by atoms with Crippen molar-refractivity contribution in [3.63, 3.8) is 0 Å². The van der Waals surface area contributed by atoms with Gasteiger partial charge in [0.25, 0.3) is 17.7 Å². The Hall–Kier alpha value is -4.91. The summed E-state index contributed by atoms with van der Waals surface area (Å²) in [5.74, 6) is -0.684. The van der Waals surface area contributed by atoms with E-state index in [2.05, 4.69) is 16.2 Å². The highest BCUT2D eigenvalue weighted by molar-refractivity contribution is 6.05. The Kier molecular flexibility index (Phi) is 7.73. The van der Waals surface area contributed by atoms with Crippen LogP contribution in [0.5, 0.6) is 5.75 Å². The van der Waals surface area contributed by atoms with Crippen LogP contribution in [0.1, 0.15) is 26.3 Å². The Balaban J connectivity index is 1.22. The monoisotopic (exact) mass is 479 g/mol. The van der Waals surface area contributed by atoms with Crippen LogP contribution < -0.4 is 20.9 Å². The van der Waals surface area contributed by atoms with E-state index in [4.69, 9.17) is 4.74 Å². The van der Waals surface area contributed by atoms with Crippen molar-refractivity contribution in [1.82, 2.24) is 10.9 Å². The van der Waals surface area contributed by atoms with E-state index in [-0.39, 0.29) is 12.5 Å². The molecule has 3 amide bonds. The molecule has 180 valence electrons. The average molecular weight is 480 g/mol. The molecule has 0 bridgehead atoms. The third kappa shape index (κ3) is 6.36. The molecule has 0 aliphatic carbocycles. The minimum atomic E-state index is -0.502. The fourth-order valence-electron chi connectivity index (χ4n) is 3.49. The maximum atomic E-state index is 12.4. The zero-order chi connectivity index (χ0) is 25.3. The van der Waals surface area contributed by atoms with Gasteiger partial charge in [0.1, 0.15) is 5.75 Å². The van der Waals surface area contributed by atoms with Crippen molar-refractivity contribution in [2.45, 2.75) is 6.92 Å². The van der Waals surface area contributed by atoms with Crippen molar-refractivity contribution in [3.8, 4) is 16.9 Å². The first kappa shape index (κ1) is 24.2. The molecule has 4 rings (SSSR count). The Labute approximate surface area is 209 Å². The highest BCUT2D eigenvalue weighted by atomic mass is 16.5. The summed E-state index contributed by atoms with van der Waals surface area (Å²) in [5.41, 5.74) is 9.14. The molecule has 0 heterocycles. The summed E-state index contributed by atoms with van der Waals surface area (Å²) in [6.07, 6.45) is 0. The van der Waals surface area contributed by atoms with Crippen molar-refractivity contribution in [2.24, 2.45) is 0 Å². The molecule has 36 heavy (non-hydrogen) atoms. The number of carbonyl (C=O) groups is 3. The molecule has 0 atom stereocenters. The van der Waals surface area contributed by atoms with E-state index in [9.17, 15) is 14.4 Å². The molecule has 0 spiro atoms. The van der Waals surface area contributed by atoms with Gasteiger partial charge in [-0.2, -0.15) is 0 Å². The Morgan fingerprint density at radius 3 is 2.00 bits per heavy atom. The molecule has 4 aromatic carbocycles. The second-order valence-corrected chi connectivity index (χ2v) is 8.03. The van der Waals surface area contributed by atoms with E-state index >= 15 is 0 Å². The highest BCUT2D eigenvalue weighted by Crippen LogP contribution is 2.22. The molecule has 0 aliphatic rings. The lowest BCUT2D eigenvalue weighted by atomic mass is 10.1. The maximum Gasteiger partial charge on any atom is 0.276 e. The predicted octanol–water partition coefficient (Wildman–Crippen LogP) is 4.75. The minimum absolute atomic E-state index is 0.229. The summed E-state index contributed by atoms with van der Waals surface area (Å²) >= 11 is 0. The molecule has 0 saturated carbocycles. The molecule has 0 unspecified atom stereocenters. The first-order valence-corrected chi connectivity index (χ1v) is 11.3. The third-order valence-electron chi connectivity index (χ3n) is 5.44. The number of aryl methyl sites for hydroxylation is 1. The summed E-state index contributed by atoms with van der Waals surface area (Å²) in [5, 5.41) is 2.80. The van der Waals surface area contributed by atoms with E-state index < -0.39 is 11.8 Å². The van der Waals surface area contributed by atoms with Crippen molar-refractivity contribution < 1.29 is 19.1 Å². The van der Waals surface area contributed by atoms with Crippen LogP contribution in [0.2, 0.25) is 0 Å². The van der Waals surface area contributed by atoms with Gasteiger partial charge in [0.15, 0.2) is 6.61 Å². The number of anilines is 1. The standard InChI is InChI=1S/C29H25N3O4/c1-20-7-5-6-10-26(20)29(35)30-24-15-11-23(12-16-24)28(34)32-31-27(33)19-36-25-17-13-22(14-18-25)21-8-3-2-4-9-21/h2-18H,19H2,1H3,(H,30,35)(H,31,33)(H,32,34). The van der Waals surface area contributed by atoms with Gasteiger partial charge in [0.05, 0.1) is 0 Å². The van der Waals surface area contributed by atoms with Crippen LogP contribution in [-0.2, 0) is 4.79 Å². The van der Waals surface area contributed by atoms with Gasteiger partial charge in [-0.05, 0) is 66.1 Å². The average Bonchev–Trinajstić information content (AvgIpc) is 2.92. The maximum absolute atomic E-state index is 12.4. The van der Waals surface area contributed by atoms with Crippen LogP contribution in [0.25, 0.3) is 11.1 Å². The summed E-state index contributed by atoms with van der Waals surface area (Å²) in [6, 6.07) is 31.0. The smallest absolute Gasteiger partial charge is 0.276 e. The number of benzene rings is 4. The SMILES string of the molecule is Cc1ccccc1C(=O)Nc1ccc(C(=O)NNC(=O)COc2ccc(-c3ccccc3)cc2)cc1. The summed E-state index contributed by atoms with van der Waals surface area (Å²) in [7, 11) is 0. The van der Waals surface area contributed by atoms with Gasteiger partial charge >= 0.3 is 0 Å². The van der Waals surface area contributed by atoms with Crippen molar-refractivity contribution in [3.05, 3.63) is 120 Å². The van der Waals surface area contributed by atoms with Gasteiger partial charge in [0, 0.05) is 16.8 Å². The second kappa shape index (κ2) is 11.5. The van der Waals surface area contributed by atoms with E-state index in [0.717, 1.165) is 16.7 Å². The van der Waals surface area contributed by atoms with Crippen molar-refractivity contribution in [1.29, 1.82) is 0 Å². The van der Waals surface area contributed by atoms with Crippen molar-refractivity contribution >= 4 is 23.4 Å². The fourth-order valence-corrected chi connectivity index (χ4v) is 3.49. The van der Waals surface area contributed by atoms with Gasteiger partial charge < -0.3 is 10.1 Å². The highest BCUT2D eigenvalue weighted by Gasteiger charge is 2.11. The molecule has 0 saturated heterocycles. The van der Waals surface area contributed by atoms with Gasteiger partial charge in [-0.3, -0.25) is 25.2 Å². The summed E-state index contributed by atoms with van der Waals surface area (Å²) in [6.45, 7) is 1.61. The Bertz CT molecular complexity index is 1350. The number of carbonyl (C=O) groups excluding carboxylic acids is 3. The number of hydrogen-bond donors (Lipinski definition) is 3. The topological polar surface area (TPSA) is 96.5 Å². The van der Waals surface area contributed by atoms with Gasteiger partial charge in [0.2, 0.25) is 0 Å². The van der Waals surface area contributed by atoms with Crippen LogP contribution >= 0.6 is 0 Å². The molecule has 4 aromatic rings. The van der Waals surface area contributed by atoms with Gasteiger partial charge in [-0.15, -0.1) is 0 Å². The second-order valence-electron chi connectivity index (χ2n) is 8.03. The van der Waals surface area contributed by atoms with Crippen LogP contribution in [-0.4, -0.2) is 24.3 Å². The lowest BCUT2D eigenvalue weighted by Gasteiger charge is -2.10. The quantitative estimate of drug-likeness (QED) is 0.333. The molecule has 3 N–H and O–H groups in total. The number of hydrogen-bond acceptors (Lipinski definition) is 4. The first-order chi connectivity index (χ1) is 17.5. The minimum Gasteiger partial charge on any atom is -0.484 e. The molecule has 7 heteroatoms. The third-order valence-corrected chi connectivity index (χ3v) is 5.44. The zero-order valence-electron chi connectivity index (χ0n) is 19.7. The van der Waals surface area contributed by atoms with Crippen LogP contribution in [0.4, 0.5) is 5.69 Å². The van der Waals surface area contributed by atoms with Gasteiger partial charge in [-0.25, -0.2) is 0 Å². The molecule has 0 aliphatic heterocycles. The van der Waals surface area contributed by atoms with Crippen LogP contribution in [0.3, 0.4) is 0 Å². The van der Waals surface area contributed by atoms with Gasteiger partial charge in [-0.1, -0.05) is 60.7 Å². The lowest BCUT2D eigenvalue weighted by molar-refractivity contribution is -0.123. The van der Waals surface area contributed by atoms with E-state index in [1.54, 1.807) is 48.5 Å². The fraction of sp³-hybridized carbons (Fsp3) is 0.0690. The predicted molar refractivity (Wildman–Crippen MR) is 139 cm³/mol. The number of hydrazine groups is 1. The number of rotatable bonds is 7. The van der Waals surface area contributed by atoms with E-state index in [1.165, 1.54) is 0 Å². The largest absolute Gasteiger partial charge is 0.484 e. The summed E-state index contributed by atoms with van der Waals surface area (Å²) < 4.78 is 5.49. The molecule has 0 radical (unpaired) electrons. The summed E-state index contributed by atoms with van der Waals surface area (Å²) in [4.78, 5) is 36.8. The number of nitrogens with one attached hydrogen (secondary N) is 3. The van der Waals surface area contributed by atoms with Crippen LogP contribution in [0.15, 0.2) is 103 Å². The van der Waals surface area contributed by atoms with Crippen LogP contribution in [0, 0.1) is 6.92 Å². The number of ether oxygens (including phenoxy) is 1. The lowest BCUT2D eigenvalue weighted by Crippen LogP contribution is -2.43. The van der Waals surface area contributed by atoms with E-state index in [0.29, 0.717) is 22.6 Å². The molecule has 0 aromatic heterocycles. The Morgan fingerprint density at radius 1 is 0.667 bits per heavy atom. The molecular formula is C29H25N3O4. The van der Waals surface area contributed by atoms with E-state index in [1.807, 2.05) is 61.5 Å². The Morgan fingerprint density at radius 2 is 1.31 bits per heavy atom. The van der Waals surface area contributed by atoms with Crippen molar-refractivity contribution in [2.75, 3.05) is 11.9 Å². The first-order valence-electron chi connectivity index (χ1n) is 11.3. The molecular weight excluding hydrogens is 454 g/mol.